The van der Waals surface area contributed by atoms with E-state index in [1.165, 1.54) is 12.6 Å². The van der Waals surface area contributed by atoms with Crippen molar-refractivity contribution in [2.45, 2.75) is 12.2 Å². The van der Waals surface area contributed by atoms with Crippen molar-refractivity contribution in [3.05, 3.63) is 0 Å². The lowest BCUT2D eigenvalue weighted by Gasteiger charge is -2.16. The van der Waals surface area contributed by atoms with Gasteiger partial charge < -0.3 is 11.2 Å². The van der Waals surface area contributed by atoms with E-state index >= 15 is 0 Å². The number of nitrogens with zero attached hydrogens (tertiary/aromatic N) is 4. The van der Waals surface area contributed by atoms with Crippen LogP contribution < -0.4 is 11.2 Å². The average molecular weight is 164 g/mol. The van der Waals surface area contributed by atoms with E-state index in [4.69, 9.17) is 5.84 Å². The van der Waals surface area contributed by atoms with Crippen molar-refractivity contribution in [1.29, 1.82) is 0 Å². The van der Waals surface area contributed by atoms with Gasteiger partial charge in [0.2, 0.25) is 0 Å². The van der Waals surface area contributed by atoms with Crippen LogP contribution in [0.1, 0.15) is 0 Å². The second kappa shape index (κ2) is 2.72. The second-order valence-corrected chi connectivity index (χ2v) is 2.43. The zero-order chi connectivity index (χ0) is 8.39. The number of rotatable bonds is 1. The Hall–Kier alpha value is -1.72. The van der Waals surface area contributed by atoms with E-state index in [2.05, 4.69) is 25.4 Å². The highest BCUT2D eigenvalue weighted by molar-refractivity contribution is 6.35. The third kappa shape index (κ3) is 0.969. The molecule has 0 aromatic heterocycles. The Balaban J connectivity index is 2.24. The first-order chi connectivity index (χ1) is 5.92. The first-order valence-electron chi connectivity index (χ1n) is 3.52. The van der Waals surface area contributed by atoms with Crippen LogP contribution >= 0.6 is 0 Å². The Kier molecular flexibility index (Phi) is 1.58. The summed E-state index contributed by atoms with van der Waals surface area (Å²) in [6.07, 6.45) is 4.50. The van der Waals surface area contributed by atoms with Crippen molar-refractivity contribution in [1.82, 2.24) is 5.32 Å². The van der Waals surface area contributed by atoms with Crippen molar-refractivity contribution >= 4 is 24.6 Å². The fraction of sp³-hybridized carbons (Fsp3) is 0.333. The number of hydrogen-bond donors (Lipinski definition) is 2. The third-order valence-corrected chi connectivity index (χ3v) is 1.73. The zero-order valence-electron chi connectivity index (χ0n) is 6.25. The van der Waals surface area contributed by atoms with Crippen LogP contribution in [-0.2, 0) is 0 Å². The lowest BCUT2D eigenvalue weighted by molar-refractivity contribution is 0.657. The van der Waals surface area contributed by atoms with Crippen molar-refractivity contribution in [3.63, 3.8) is 0 Å². The largest absolute Gasteiger partial charge is 0.364 e. The maximum absolute atomic E-state index is 5.02. The topological polar surface area (TPSA) is 87.5 Å². The molecule has 0 spiro atoms. The number of hydrogen-bond acceptors (Lipinski definition) is 6. The van der Waals surface area contributed by atoms with Crippen LogP contribution in [0.25, 0.3) is 0 Å². The quantitative estimate of drug-likeness (QED) is 0.288. The maximum Gasteiger partial charge on any atom is 0.168 e. The van der Waals surface area contributed by atoms with Crippen molar-refractivity contribution in [2.75, 3.05) is 0 Å². The summed E-state index contributed by atoms with van der Waals surface area (Å²) >= 11 is 0. The summed E-state index contributed by atoms with van der Waals surface area (Å²) in [5.74, 6) is 5.02. The molecular weight excluding hydrogens is 156 g/mol. The molecule has 2 unspecified atom stereocenters. The highest BCUT2D eigenvalue weighted by Crippen LogP contribution is 2.09. The van der Waals surface area contributed by atoms with E-state index in [0.717, 1.165) is 5.71 Å². The lowest BCUT2D eigenvalue weighted by Crippen LogP contribution is -2.41. The molecule has 0 amide bonds. The monoisotopic (exact) mass is 164 g/mol. The van der Waals surface area contributed by atoms with E-state index in [0.29, 0.717) is 0 Å². The molecule has 3 N–H and O–H groups in total. The zero-order valence-corrected chi connectivity index (χ0v) is 6.25. The van der Waals surface area contributed by atoms with Crippen LogP contribution in [-0.4, -0.2) is 36.8 Å². The highest BCUT2D eigenvalue weighted by atomic mass is 15.2. The molecule has 2 aliphatic heterocycles. The van der Waals surface area contributed by atoms with Gasteiger partial charge in [0.1, 0.15) is 12.4 Å². The van der Waals surface area contributed by atoms with Crippen LogP contribution in [0.15, 0.2) is 20.1 Å². The number of nitrogens with one attached hydrogen (secondary N) is 1. The summed E-state index contributed by atoms with van der Waals surface area (Å²) in [7, 11) is 0. The van der Waals surface area contributed by atoms with E-state index in [1.54, 1.807) is 6.34 Å². The predicted molar refractivity (Wildman–Crippen MR) is 47.8 cm³/mol. The standard InChI is InChI=1S/C6H8N6/c7-12-1-4-5-6(10-2-8-4)11-3-9-5/h1-3,5-6H,7H2,(H,9,11)/b12-1+. The fourth-order valence-electron chi connectivity index (χ4n) is 1.17. The molecule has 2 aliphatic rings. The minimum absolute atomic E-state index is 0.00213. The number of hydrazone groups is 1. The molecule has 12 heavy (non-hydrogen) atoms. The van der Waals surface area contributed by atoms with Crippen LogP contribution in [0.4, 0.5) is 0 Å². The fourth-order valence-corrected chi connectivity index (χ4v) is 1.17. The normalized spacial score (nSPS) is 31.8. The second-order valence-electron chi connectivity index (χ2n) is 2.43. The van der Waals surface area contributed by atoms with Gasteiger partial charge in [-0.2, -0.15) is 5.10 Å². The first-order valence-corrected chi connectivity index (χ1v) is 3.52. The molecule has 0 saturated heterocycles. The smallest absolute Gasteiger partial charge is 0.168 e. The summed E-state index contributed by atoms with van der Waals surface area (Å²) in [5.41, 5.74) is 0.759. The molecule has 0 aromatic carbocycles. The Morgan fingerprint density at radius 2 is 2.50 bits per heavy atom. The Morgan fingerprint density at radius 3 is 3.33 bits per heavy atom. The number of nitrogens with two attached hydrogens (primary N) is 1. The molecule has 0 fully saturated rings. The van der Waals surface area contributed by atoms with Gasteiger partial charge in [-0.15, -0.1) is 0 Å². The molecule has 0 bridgehead atoms. The van der Waals surface area contributed by atoms with Gasteiger partial charge in [-0.05, 0) is 0 Å². The van der Waals surface area contributed by atoms with E-state index in [1.807, 2.05) is 0 Å². The van der Waals surface area contributed by atoms with Gasteiger partial charge >= 0.3 is 0 Å². The van der Waals surface area contributed by atoms with Gasteiger partial charge in [0.05, 0.1) is 18.3 Å². The Labute approximate surface area is 69.0 Å². The van der Waals surface area contributed by atoms with Crippen molar-refractivity contribution < 1.29 is 0 Å². The molecule has 6 heteroatoms. The van der Waals surface area contributed by atoms with Gasteiger partial charge in [0.25, 0.3) is 0 Å². The molecule has 6 nitrogen and oxygen atoms in total. The molecule has 62 valence electrons. The van der Waals surface area contributed by atoms with Gasteiger partial charge in [0.15, 0.2) is 6.17 Å². The van der Waals surface area contributed by atoms with Crippen LogP contribution in [0.3, 0.4) is 0 Å². The van der Waals surface area contributed by atoms with Gasteiger partial charge in [-0.25, -0.2) is 15.0 Å². The highest BCUT2D eigenvalue weighted by Gasteiger charge is 2.28. The number of aliphatic imine (C=N–C) groups is 3. The summed E-state index contributed by atoms with van der Waals surface area (Å²) < 4.78 is 0. The van der Waals surface area contributed by atoms with Gasteiger partial charge in [-0.1, -0.05) is 0 Å². The molecular formula is C6H8N6. The van der Waals surface area contributed by atoms with Crippen molar-refractivity contribution in [3.8, 4) is 0 Å². The molecule has 2 rings (SSSR count). The minimum Gasteiger partial charge on any atom is -0.364 e. The molecule has 0 saturated carbocycles. The summed E-state index contributed by atoms with van der Waals surface area (Å²) in [6, 6.07) is 0.00213. The SMILES string of the molecule is N/N=C/C1=NC=NC2N=CNC12. The van der Waals surface area contributed by atoms with E-state index in [9.17, 15) is 0 Å². The van der Waals surface area contributed by atoms with Gasteiger partial charge in [0, 0.05) is 0 Å². The van der Waals surface area contributed by atoms with Gasteiger partial charge in [-0.3, -0.25) is 0 Å². The first kappa shape index (κ1) is 6.96. The van der Waals surface area contributed by atoms with Crippen LogP contribution in [0.5, 0.6) is 0 Å². The summed E-state index contributed by atoms with van der Waals surface area (Å²) in [6.45, 7) is 0. The molecule has 0 radical (unpaired) electrons. The molecule has 0 aliphatic carbocycles. The molecule has 0 aromatic rings. The third-order valence-electron chi connectivity index (χ3n) is 1.73. The Morgan fingerprint density at radius 1 is 1.58 bits per heavy atom. The Bertz CT molecular complexity index is 288. The van der Waals surface area contributed by atoms with Crippen LogP contribution in [0, 0.1) is 0 Å². The van der Waals surface area contributed by atoms with Crippen molar-refractivity contribution in [2.24, 2.45) is 25.9 Å². The predicted octanol–water partition coefficient (Wildman–Crippen LogP) is -1.26. The maximum atomic E-state index is 5.02. The summed E-state index contributed by atoms with van der Waals surface area (Å²) in [4.78, 5) is 12.1. The summed E-state index contributed by atoms with van der Waals surface area (Å²) in [5, 5.41) is 6.42. The molecule has 2 atom stereocenters. The lowest BCUT2D eigenvalue weighted by atomic mass is 10.1. The molecule has 2 heterocycles. The number of fused-ring (bicyclic) bond motifs is 1. The minimum atomic E-state index is -0.101. The van der Waals surface area contributed by atoms with E-state index < -0.39 is 0 Å². The van der Waals surface area contributed by atoms with E-state index in [-0.39, 0.29) is 12.2 Å². The average Bonchev–Trinajstić information content (AvgIpc) is 2.53. The van der Waals surface area contributed by atoms with Crippen LogP contribution in [0.2, 0.25) is 0 Å².